The monoisotopic (exact) mass is 412 g/mol. The van der Waals surface area contributed by atoms with Gasteiger partial charge in [0, 0.05) is 20.9 Å². The molecule has 0 radical (unpaired) electrons. The van der Waals surface area contributed by atoms with E-state index in [0.717, 1.165) is 6.26 Å². The Morgan fingerprint density at radius 1 is 1.26 bits per heavy atom. The first-order chi connectivity index (χ1) is 8.46. The summed E-state index contributed by atoms with van der Waals surface area (Å²) in [6.45, 7) is 2.72. The molecule has 0 fully saturated rings. The molecule has 1 rings (SSSR count). The molecule has 106 valence electrons. The lowest BCUT2D eigenvalue weighted by Crippen LogP contribution is -2.44. The first kappa shape index (κ1) is 16.5. The van der Waals surface area contributed by atoms with Gasteiger partial charge in [-0.3, -0.25) is 4.79 Å². The molecule has 1 aromatic carbocycles. The van der Waals surface area contributed by atoms with Gasteiger partial charge < -0.3 is 11.1 Å². The van der Waals surface area contributed by atoms with Crippen molar-refractivity contribution in [3.05, 3.63) is 21.1 Å². The summed E-state index contributed by atoms with van der Waals surface area (Å²) < 4.78 is 22.8. The summed E-state index contributed by atoms with van der Waals surface area (Å²) >= 11 is 6.54. The fourth-order valence-corrected chi connectivity index (χ4v) is 2.95. The Morgan fingerprint density at radius 2 is 1.68 bits per heavy atom. The van der Waals surface area contributed by atoms with Crippen molar-refractivity contribution in [2.24, 2.45) is 0 Å². The first-order valence-corrected chi connectivity index (χ1v) is 8.70. The number of carbonyl (C=O) groups excluding carboxylic acids is 1. The van der Waals surface area contributed by atoms with Gasteiger partial charge in [0.05, 0.1) is 5.69 Å². The lowest BCUT2D eigenvalue weighted by Gasteiger charge is -2.22. The minimum atomic E-state index is -3.52. The number of amides is 1. The van der Waals surface area contributed by atoms with Gasteiger partial charge in [0.1, 0.15) is 4.75 Å². The second kappa shape index (κ2) is 5.41. The summed E-state index contributed by atoms with van der Waals surface area (Å²) in [5.74, 6) is -0.610. The van der Waals surface area contributed by atoms with E-state index >= 15 is 0 Å². The van der Waals surface area contributed by atoms with Gasteiger partial charge in [-0.2, -0.15) is 0 Å². The van der Waals surface area contributed by atoms with Crippen LogP contribution in [0.25, 0.3) is 0 Å². The highest BCUT2D eigenvalue weighted by molar-refractivity contribution is 9.11. The van der Waals surface area contributed by atoms with Crippen LogP contribution < -0.4 is 11.1 Å². The highest BCUT2D eigenvalue weighted by Gasteiger charge is 2.38. The Labute approximate surface area is 129 Å². The summed E-state index contributed by atoms with van der Waals surface area (Å²) in [4.78, 5) is 12.1. The van der Waals surface area contributed by atoms with Crippen molar-refractivity contribution in [1.29, 1.82) is 0 Å². The van der Waals surface area contributed by atoms with Crippen molar-refractivity contribution in [2.45, 2.75) is 18.6 Å². The second-order valence-electron chi connectivity index (χ2n) is 4.60. The van der Waals surface area contributed by atoms with E-state index in [2.05, 4.69) is 37.2 Å². The number of nitrogen functional groups attached to an aromatic ring is 1. The molecule has 0 aliphatic rings. The SMILES string of the molecule is CC(C)(C(=O)Nc1c(Br)cc(N)cc1Br)S(C)(=O)=O. The molecule has 8 heteroatoms. The van der Waals surface area contributed by atoms with Crippen molar-refractivity contribution >= 4 is 59.0 Å². The maximum Gasteiger partial charge on any atom is 0.245 e. The van der Waals surface area contributed by atoms with Crippen LogP contribution >= 0.6 is 31.9 Å². The molecule has 0 atom stereocenters. The zero-order valence-corrected chi connectivity index (χ0v) is 14.6. The van der Waals surface area contributed by atoms with Crippen LogP contribution in [0, 0.1) is 0 Å². The number of nitrogens with one attached hydrogen (secondary N) is 1. The topological polar surface area (TPSA) is 89.3 Å². The molecule has 0 saturated carbocycles. The smallest absolute Gasteiger partial charge is 0.245 e. The molecular formula is C11H14Br2N2O3S. The molecule has 19 heavy (non-hydrogen) atoms. The molecule has 0 bridgehead atoms. The van der Waals surface area contributed by atoms with E-state index in [1.807, 2.05) is 0 Å². The van der Waals surface area contributed by atoms with Gasteiger partial charge in [0.25, 0.3) is 0 Å². The van der Waals surface area contributed by atoms with Crippen molar-refractivity contribution in [3.63, 3.8) is 0 Å². The highest BCUT2D eigenvalue weighted by Crippen LogP contribution is 2.34. The molecule has 0 unspecified atom stereocenters. The number of anilines is 2. The predicted molar refractivity (Wildman–Crippen MR) is 83.8 cm³/mol. The maximum absolute atomic E-state index is 12.1. The third-order valence-corrected chi connectivity index (χ3v) is 6.07. The van der Waals surface area contributed by atoms with Gasteiger partial charge in [-0.25, -0.2) is 8.42 Å². The quantitative estimate of drug-likeness (QED) is 0.745. The van der Waals surface area contributed by atoms with Crippen LogP contribution in [0.15, 0.2) is 21.1 Å². The minimum Gasteiger partial charge on any atom is -0.399 e. The van der Waals surface area contributed by atoms with Crippen LogP contribution in [0.2, 0.25) is 0 Å². The molecule has 0 aromatic heterocycles. The van der Waals surface area contributed by atoms with E-state index in [1.165, 1.54) is 13.8 Å². The third-order valence-electron chi connectivity index (χ3n) is 2.78. The fraction of sp³-hybridized carbons (Fsp3) is 0.364. The van der Waals surface area contributed by atoms with Crippen LogP contribution in [-0.4, -0.2) is 25.3 Å². The van der Waals surface area contributed by atoms with Gasteiger partial charge in [-0.15, -0.1) is 0 Å². The molecule has 0 heterocycles. The van der Waals surface area contributed by atoms with Gasteiger partial charge >= 0.3 is 0 Å². The molecule has 1 aromatic rings. The van der Waals surface area contributed by atoms with Gasteiger partial charge in [-0.05, 0) is 57.8 Å². The van der Waals surface area contributed by atoms with Crippen molar-refractivity contribution in [3.8, 4) is 0 Å². The normalized spacial score (nSPS) is 12.3. The molecule has 0 spiro atoms. The summed E-state index contributed by atoms with van der Waals surface area (Å²) in [7, 11) is -3.52. The Morgan fingerprint density at radius 3 is 2.05 bits per heavy atom. The van der Waals surface area contributed by atoms with E-state index in [4.69, 9.17) is 5.73 Å². The average Bonchev–Trinajstić information content (AvgIpc) is 2.21. The zero-order valence-electron chi connectivity index (χ0n) is 10.6. The van der Waals surface area contributed by atoms with Crippen molar-refractivity contribution in [1.82, 2.24) is 0 Å². The number of rotatable bonds is 3. The Hall–Kier alpha value is -0.600. The van der Waals surface area contributed by atoms with E-state index < -0.39 is 20.5 Å². The molecular weight excluding hydrogens is 400 g/mol. The summed E-state index contributed by atoms with van der Waals surface area (Å²) in [6, 6.07) is 3.24. The summed E-state index contributed by atoms with van der Waals surface area (Å²) in [5.41, 5.74) is 6.60. The Kier molecular flexibility index (Phi) is 4.69. The third kappa shape index (κ3) is 3.49. The second-order valence-corrected chi connectivity index (χ2v) is 8.87. The summed E-state index contributed by atoms with van der Waals surface area (Å²) in [6.07, 6.45) is 1.03. The van der Waals surface area contributed by atoms with Crippen LogP contribution in [0.3, 0.4) is 0 Å². The Balaban J connectivity index is 3.15. The van der Waals surface area contributed by atoms with E-state index in [1.54, 1.807) is 12.1 Å². The Bertz CT molecular complexity index is 604. The summed E-state index contributed by atoms with van der Waals surface area (Å²) in [5, 5.41) is 2.59. The molecule has 0 saturated heterocycles. The van der Waals surface area contributed by atoms with Gasteiger partial charge in [-0.1, -0.05) is 0 Å². The van der Waals surface area contributed by atoms with E-state index in [9.17, 15) is 13.2 Å². The van der Waals surface area contributed by atoms with Gasteiger partial charge in [0.15, 0.2) is 9.84 Å². The van der Waals surface area contributed by atoms with Gasteiger partial charge in [0.2, 0.25) is 5.91 Å². The number of hydrogen-bond acceptors (Lipinski definition) is 4. The largest absolute Gasteiger partial charge is 0.399 e. The number of benzene rings is 1. The number of halogens is 2. The number of nitrogens with two attached hydrogens (primary N) is 1. The first-order valence-electron chi connectivity index (χ1n) is 5.22. The van der Waals surface area contributed by atoms with Crippen LogP contribution in [0.1, 0.15) is 13.8 Å². The van der Waals surface area contributed by atoms with E-state index in [-0.39, 0.29) is 0 Å². The molecule has 0 aliphatic heterocycles. The average molecular weight is 414 g/mol. The molecule has 3 N–H and O–H groups in total. The predicted octanol–water partition coefficient (Wildman–Crippen LogP) is 2.56. The highest BCUT2D eigenvalue weighted by atomic mass is 79.9. The molecule has 0 aliphatic carbocycles. The number of hydrogen-bond donors (Lipinski definition) is 2. The zero-order chi connectivity index (χ0) is 15.0. The lowest BCUT2D eigenvalue weighted by molar-refractivity contribution is -0.117. The van der Waals surface area contributed by atoms with Crippen LogP contribution in [0.4, 0.5) is 11.4 Å². The number of sulfone groups is 1. The lowest BCUT2D eigenvalue weighted by atomic mass is 10.2. The maximum atomic E-state index is 12.1. The van der Waals surface area contributed by atoms with Crippen LogP contribution in [-0.2, 0) is 14.6 Å². The van der Waals surface area contributed by atoms with Crippen LogP contribution in [0.5, 0.6) is 0 Å². The van der Waals surface area contributed by atoms with E-state index in [0.29, 0.717) is 20.3 Å². The van der Waals surface area contributed by atoms with Crippen molar-refractivity contribution < 1.29 is 13.2 Å². The van der Waals surface area contributed by atoms with Crippen molar-refractivity contribution in [2.75, 3.05) is 17.3 Å². The standard InChI is InChI=1S/C11H14Br2N2O3S/c1-11(2,19(3,17)18)10(16)15-9-7(12)4-6(14)5-8(9)13/h4-5H,14H2,1-3H3,(H,15,16). The number of carbonyl (C=O) groups is 1. The molecule has 1 amide bonds. The fourth-order valence-electron chi connectivity index (χ4n) is 1.14. The minimum absolute atomic E-state index is 0.441. The molecule has 5 nitrogen and oxygen atoms in total.